The number of ether oxygens (including phenoxy) is 1. The minimum atomic E-state index is -3.72. The van der Waals surface area contributed by atoms with Crippen LogP contribution >= 0.6 is 0 Å². The Bertz CT molecular complexity index is 997. The molecule has 5 rings (SSSR count). The first-order valence-electron chi connectivity index (χ1n) is 10.6. The third-order valence-electron chi connectivity index (χ3n) is 8.53. The van der Waals surface area contributed by atoms with Crippen molar-refractivity contribution < 1.29 is 32.0 Å². The molecule has 1 spiro atoms. The fraction of sp³-hybridized carbons (Fsp3) is 0.727. The number of carbonyl (C=O) groups is 2. The highest BCUT2D eigenvalue weighted by atomic mass is 32.2. The van der Waals surface area contributed by atoms with Gasteiger partial charge in [-0.15, -0.1) is 0 Å². The van der Waals surface area contributed by atoms with Crippen molar-refractivity contribution in [3.8, 4) is 0 Å². The molecular weight excluding hydrogens is 408 g/mol. The number of rotatable bonds is 4. The van der Waals surface area contributed by atoms with Crippen LogP contribution in [0.15, 0.2) is 23.8 Å². The van der Waals surface area contributed by atoms with Crippen LogP contribution in [0, 0.1) is 29.1 Å². The molecule has 8 heteroatoms. The van der Waals surface area contributed by atoms with Gasteiger partial charge in [-0.2, -0.15) is 8.42 Å². The van der Waals surface area contributed by atoms with Crippen LogP contribution in [0.25, 0.3) is 0 Å². The van der Waals surface area contributed by atoms with Crippen molar-refractivity contribution in [2.45, 2.75) is 56.8 Å². The molecule has 1 aliphatic heterocycles. The number of aliphatic hydroxyl groups is 1. The lowest BCUT2D eigenvalue weighted by atomic mass is 9.48. The summed E-state index contributed by atoms with van der Waals surface area (Å²) in [6.07, 6.45) is 8.07. The average molecular weight is 437 g/mol. The first-order valence-corrected chi connectivity index (χ1v) is 12.5. The molecule has 0 bridgehead atoms. The van der Waals surface area contributed by atoms with Crippen molar-refractivity contribution in [3.05, 3.63) is 23.8 Å². The van der Waals surface area contributed by atoms with E-state index in [1.165, 1.54) is 0 Å². The molecule has 0 unspecified atom stereocenters. The van der Waals surface area contributed by atoms with Gasteiger partial charge in [-0.1, -0.05) is 25.5 Å². The normalized spacial score (nSPS) is 48.9. The molecule has 0 aromatic heterocycles. The van der Waals surface area contributed by atoms with Crippen molar-refractivity contribution in [3.63, 3.8) is 0 Å². The Labute approximate surface area is 176 Å². The maximum absolute atomic E-state index is 12.9. The van der Waals surface area contributed by atoms with Gasteiger partial charge in [-0.3, -0.25) is 13.8 Å². The smallest absolute Gasteiger partial charge is 0.264 e. The van der Waals surface area contributed by atoms with Gasteiger partial charge in [-0.05, 0) is 49.2 Å². The largest absolute Gasteiger partial charge is 0.393 e. The van der Waals surface area contributed by atoms with Crippen LogP contribution in [0.1, 0.15) is 39.5 Å². The van der Waals surface area contributed by atoms with Crippen LogP contribution in [-0.2, 0) is 28.6 Å². The van der Waals surface area contributed by atoms with E-state index in [0.717, 1.165) is 24.7 Å². The maximum atomic E-state index is 12.9. The minimum Gasteiger partial charge on any atom is -0.393 e. The molecular formula is C22H28O7S. The second-order valence-electron chi connectivity index (χ2n) is 10.1. The molecule has 1 N–H and O–H groups in total. The minimum absolute atomic E-state index is 0.00331. The molecule has 0 radical (unpaired) electrons. The average Bonchev–Trinajstić information content (AvgIpc) is 3.16. The Morgan fingerprint density at radius 1 is 1.40 bits per heavy atom. The summed E-state index contributed by atoms with van der Waals surface area (Å²) in [5, 5.41) is 11.3. The number of hydrogen-bond donors (Lipinski definition) is 1. The number of carbonyl (C=O) groups excluding carboxylic acids is 2. The van der Waals surface area contributed by atoms with E-state index in [9.17, 15) is 23.1 Å². The summed E-state index contributed by atoms with van der Waals surface area (Å²) in [6, 6.07) is 0. The number of epoxide rings is 1. The van der Waals surface area contributed by atoms with Crippen molar-refractivity contribution in [2.75, 3.05) is 12.9 Å². The van der Waals surface area contributed by atoms with Crippen molar-refractivity contribution in [1.29, 1.82) is 0 Å². The van der Waals surface area contributed by atoms with E-state index in [4.69, 9.17) is 8.92 Å². The van der Waals surface area contributed by atoms with Gasteiger partial charge in [0.05, 0.1) is 12.4 Å². The summed E-state index contributed by atoms with van der Waals surface area (Å²) >= 11 is 0. The van der Waals surface area contributed by atoms with Gasteiger partial charge in [0.25, 0.3) is 10.1 Å². The zero-order chi connectivity index (χ0) is 21.7. The number of ketones is 2. The number of Topliss-reactive ketones (excluding diaryl/α,β-unsaturated/α-hetero) is 1. The topological polar surface area (TPSA) is 110 Å². The lowest BCUT2D eigenvalue weighted by Crippen LogP contribution is -2.57. The van der Waals surface area contributed by atoms with Gasteiger partial charge < -0.3 is 9.84 Å². The number of aliphatic hydroxyl groups excluding tert-OH is 1. The summed E-state index contributed by atoms with van der Waals surface area (Å²) in [5.74, 6) is 0.0980. The Hall–Kier alpha value is -1.35. The van der Waals surface area contributed by atoms with Crippen LogP contribution in [0.5, 0.6) is 0 Å². The first-order chi connectivity index (χ1) is 13.9. The standard InChI is InChI=1S/C22H28O7S/c1-12-8-14-15-5-7-21(18(25)11-28-30(3,26)27)22(15,29-21)10-17(24)19(14)20(2)6-4-13(23)9-16(12)20/h4,6,9,12,14-15,17,19,24H,5,7-8,10-11H2,1-3H3/t12-,14-,15-,17-,19+,20-,21-,22+/m0/s1. The Morgan fingerprint density at radius 3 is 2.83 bits per heavy atom. The quantitative estimate of drug-likeness (QED) is 0.526. The zero-order valence-corrected chi connectivity index (χ0v) is 18.3. The highest BCUT2D eigenvalue weighted by Crippen LogP contribution is 2.73. The van der Waals surface area contributed by atoms with Gasteiger partial charge in [0.2, 0.25) is 0 Å². The van der Waals surface area contributed by atoms with Crippen LogP contribution in [-0.4, -0.2) is 55.3 Å². The molecule has 0 amide bonds. The van der Waals surface area contributed by atoms with E-state index in [1.807, 2.05) is 6.08 Å². The second-order valence-corrected chi connectivity index (χ2v) is 11.7. The van der Waals surface area contributed by atoms with Gasteiger partial charge >= 0.3 is 0 Å². The van der Waals surface area contributed by atoms with E-state index in [-0.39, 0.29) is 40.7 Å². The number of allylic oxidation sites excluding steroid dienone is 4. The molecule has 4 aliphatic carbocycles. The SMILES string of the molecule is C[C@H]1C[C@@H]2[C@H]([C@@H](O)C[C@]34O[C@]3(C(=O)COS(C)(=O)=O)CC[C@@H]24)[C@@]2(C)C=CC(=O)C=C12. The summed E-state index contributed by atoms with van der Waals surface area (Å²) in [6.45, 7) is 3.71. The van der Waals surface area contributed by atoms with Gasteiger partial charge in [0.15, 0.2) is 17.2 Å². The van der Waals surface area contributed by atoms with Crippen LogP contribution < -0.4 is 0 Å². The molecule has 3 saturated carbocycles. The molecule has 8 atom stereocenters. The fourth-order valence-electron chi connectivity index (χ4n) is 7.49. The first kappa shape index (κ1) is 20.5. The van der Waals surface area contributed by atoms with E-state index in [1.54, 1.807) is 12.2 Å². The lowest BCUT2D eigenvalue weighted by molar-refractivity contribution is -0.126. The maximum Gasteiger partial charge on any atom is 0.264 e. The predicted molar refractivity (Wildman–Crippen MR) is 107 cm³/mol. The van der Waals surface area contributed by atoms with E-state index in [2.05, 4.69) is 13.8 Å². The van der Waals surface area contributed by atoms with E-state index in [0.29, 0.717) is 12.8 Å². The fourth-order valence-corrected chi connectivity index (χ4v) is 7.81. The van der Waals surface area contributed by atoms with Gasteiger partial charge in [-0.25, -0.2) is 0 Å². The third kappa shape index (κ3) is 2.57. The summed E-state index contributed by atoms with van der Waals surface area (Å²) in [5.41, 5.74) is -1.06. The molecule has 7 nitrogen and oxygen atoms in total. The molecule has 1 heterocycles. The molecule has 0 aromatic rings. The van der Waals surface area contributed by atoms with Crippen molar-refractivity contribution in [2.24, 2.45) is 29.1 Å². The molecule has 5 aliphatic rings. The highest BCUT2D eigenvalue weighted by molar-refractivity contribution is 7.86. The highest BCUT2D eigenvalue weighted by Gasteiger charge is 2.83. The van der Waals surface area contributed by atoms with Gasteiger partial charge in [0.1, 0.15) is 12.2 Å². The summed E-state index contributed by atoms with van der Waals surface area (Å²) in [4.78, 5) is 24.9. The molecule has 164 valence electrons. The monoisotopic (exact) mass is 436 g/mol. The van der Waals surface area contributed by atoms with Crippen molar-refractivity contribution in [1.82, 2.24) is 0 Å². The Kier molecular flexibility index (Phi) is 4.19. The van der Waals surface area contributed by atoms with Crippen LogP contribution in [0.4, 0.5) is 0 Å². The Morgan fingerprint density at radius 2 is 2.13 bits per heavy atom. The Balaban J connectivity index is 1.46. The van der Waals surface area contributed by atoms with E-state index >= 15 is 0 Å². The third-order valence-corrected chi connectivity index (χ3v) is 9.07. The van der Waals surface area contributed by atoms with Crippen molar-refractivity contribution >= 4 is 21.7 Å². The van der Waals surface area contributed by atoms with Crippen LogP contribution in [0.3, 0.4) is 0 Å². The zero-order valence-electron chi connectivity index (χ0n) is 17.5. The van der Waals surface area contributed by atoms with Gasteiger partial charge in [0, 0.05) is 17.8 Å². The van der Waals surface area contributed by atoms with Crippen LogP contribution in [0.2, 0.25) is 0 Å². The predicted octanol–water partition coefficient (Wildman–Crippen LogP) is 1.56. The number of hydrogen-bond acceptors (Lipinski definition) is 7. The molecule has 30 heavy (non-hydrogen) atoms. The summed E-state index contributed by atoms with van der Waals surface area (Å²) < 4.78 is 33.5. The molecule has 1 saturated heterocycles. The molecule has 0 aromatic carbocycles. The second kappa shape index (κ2) is 6.12. The molecule has 4 fully saturated rings. The van der Waals surface area contributed by atoms with E-state index < -0.39 is 34.0 Å². The lowest BCUT2D eigenvalue weighted by Gasteiger charge is -2.57. The summed E-state index contributed by atoms with van der Waals surface area (Å²) in [7, 11) is -3.72. The number of fused-ring (bicyclic) bond motifs is 4.